The lowest BCUT2D eigenvalue weighted by atomic mass is 10.1. The molecule has 2 aromatic rings. The number of thiophene rings is 1. The molecule has 0 aromatic carbocycles. The first-order chi connectivity index (χ1) is 9.74. The third-order valence-electron chi connectivity index (χ3n) is 4.31. The molecule has 0 radical (unpaired) electrons. The number of nitrogens with one attached hydrogen (secondary N) is 1. The highest BCUT2D eigenvalue weighted by atomic mass is 32.1. The van der Waals surface area contributed by atoms with Crippen molar-refractivity contribution >= 4 is 11.3 Å². The molecular weight excluding hydrogens is 268 g/mol. The third-order valence-corrected chi connectivity index (χ3v) is 5.01. The van der Waals surface area contributed by atoms with Crippen LogP contribution in [0.5, 0.6) is 0 Å². The Morgan fingerprint density at radius 3 is 2.75 bits per heavy atom. The second kappa shape index (κ2) is 6.08. The summed E-state index contributed by atoms with van der Waals surface area (Å²) in [7, 11) is 0. The molecule has 1 saturated heterocycles. The molecule has 108 valence electrons. The van der Waals surface area contributed by atoms with Crippen LogP contribution in [0.4, 0.5) is 0 Å². The standard InChI is InChI=1S/C15H22N4S/c1-12-15(9-16-17-12)10-18-4-6-19(7-5-18)13(2)14-3-8-20-11-14/h3,8-9,11,13H,4-7,10H2,1-2H3,(H,16,17). The topological polar surface area (TPSA) is 35.2 Å². The molecule has 20 heavy (non-hydrogen) atoms. The summed E-state index contributed by atoms with van der Waals surface area (Å²) in [5.41, 5.74) is 3.97. The summed E-state index contributed by atoms with van der Waals surface area (Å²) in [6, 6.07) is 2.79. The molecule has 1 fully saturated rings. The lowest BCUT2D eigenvalue weighted by Gasteiger charge is -2.37. The minimum absolute atomic E-state index is 0.541. The fourth-order valence-electron chi connectivity index (χ4n) is 2.81. The molecule has 0 bridgehead atoms. The summed E-state index contributed by atoms with van der Waals surface area (Å²) in [6.07, 6.45) is 1.95. The van der Waals surface area contributed by atoms with Crippen molar-refractivity contribution in [2.24, 2.45) is 0 Å². The SMILES string of the molecule is Cc1[nH]ncc1CN1CCN(C(C)c2ccsc2)CC1. The van der Waals surface area contributed by atoms with Crippen molar-refractivity contribution in [3.05, 3.63) is 39.8 Å². The molecule has 4 nitrogen and oxygen atoms in total. The van der Waals surface area contributed by atoms with Crippen LogP contribution in [0.3, 0.4) is 0 Å². The number of hydrogen-bond acceptors (Lipinski definition) is 4. The van der Waals surface area contributed by atoms with Gasteiger partial charge in [0.15, 0.2) is 0 Å². The first kappa shape index (κ1) is 13.8. The second-order valence-corrected chi connectivity index (χ2v) is 6.35. The zero-order chi connectivity index (χ0) is 13.9. The smallest absolute Gasteiger partial charge is 0.0535 e. The molecule has 3 heterocycles. The monoisotopic (exact) mass is 290 g/mol. The van der Waals surface area contributed by atoms with Gasteiger partial charge >= 0.3 is 0 Å². The maximum Gasteiger partial charge on any atom is 0.0535 e. The van der Waals surface area contributed by atoms with Crippen molar-refractivity contribution in [1.82, 2.24) is 20.0 Å². The zero-order valence-electron chi connectivity index (χ0n) is 12.2. The van der Waals surface area contributed by atoms with E-state index in [9.17, 15) is 0 Å². The highest BCUT2D eigenvalue weighted by Gasteiger charge is 2.22. The molecule has 0 saturated carbocycles. The maximum absolute atomic E-state index is 4.10. The number of aromatic amines is 1. The van der Waals surface area contributed by atoms with E-state index in [2.05, 4.69) is 50.7 Å². The molecule has 3 rings (SSSR count). The van der Waals surface area contributed by atoms with Crippen molar-refractivity contribution < 1.29 is 0 Å². The van der Waals surface area contributed by atoms with E-state index in [1.807, 2.05) is 6.20 Å². The Balaban J connectivity index is 1.53. The summed E-state index contributed by atoms with van der Waals surface area (Å²) in [5.74, 6) is 0. The molecule has 1 aliphatic heterocycles. The molecule has 2 aromatic heterocycles. The number of hydrogen-bond donors (Lipinski definition) is 1. The van der Waals surface area contributed by atoms with Crippen LogP contribution in [0.15, 0.2) is 23.0 Å². The summed E-state index contributed by atoms with van der Waals surface area (Å²) < 4.78 is 0. The number of aryl methyl sites for hydroxylation is 1. The van der Waals surface area contributed by atoms with Crippen molar-refractivity contribution in [3.63, 3.8) is 0 Å². The first-order valence-electron chi connectivity index (χ1n) is 7.21. The number of piperazine rings is 1. The van der Waals surface area contributed by atoms with Gasteiger partial charge < -0.3 is 0 Å². The van der Waals surface area contributed by atoms with Gasteiger partial charge in [-0.2, -0.15) is 16.4 Å². The van der Waals surface area contributed by atoms with Crippen molar-refractivity contribution in [3.8, 4) is 0 Å². The van der Waals surface area contributed by atoms with E-state index in [0.717, 1.165) is 32.7 Å². The Morgan fingerprint density at radius 2 is 2.15 bits per heavy atom. The fraction of sp³-hybridized carbons (Fsp3) is 0.533. The van der Waals surface area contributed by atoms with Crippen LogP contribution in [0.2, 0.25) is 0 Å². The highest BCUT2D eigenvalue weighted by molar-refractivity contribution is 7.07. The van der Waals surface area contributed by atoms with Crippen LogP contribution < -0.4 is 0 Å². The van der Waals surface area contributed by atoms with E-state index in [4.69, 9.17) is 0 Å². The third kappa shape index (κ3) is 2.95. The lowest BCUT2D eigenvalue weighted by Crippen LogP contribution is -2.46. The lowest BCUT2D eigenvalue weighted by molar-refractivity contribution is 0.0979. The van der Waals surface area contributed by atoms with Crippen LogP contribution in [0.1, 0.15) is 29.8 Å². The Kier molecular flexibility index (Phi) is 4.19. The van der Waals surface area contributed by atoms with E-state index in [-0.39, 0.29) is 0 Å². The van der Waals surface area contributed by atoms with Crippen LogP contribution >= 0.6 is 11.3 Å². The van der Waals surface area contributed by atoms with Gasteiger partial charge in [-0.3, -0.25) is 14.9 Å². The second-order valence-electron chi connectivity index (χ2n) is 5.57. The van der Waals surface area contributed by atoms with Gasteiger partial charge in [0.2, 0.25) is 0 Å². The average molecular weight is 290 g/mol. The van der Waals surface area contributed by atoms with E-state index in [0.29, 0.717) is 6.04 Å². The predicted octanol–water partition coefficient (Wildman–Crippen LogP) is 2.66. The number of H-pyrrole nitrogens is 1. The Bertz CT molecular complexity index is 526. The van der Waals surface area contributed by atoms with E-state index < -0.39 is 0 Å². The first-order valence-corrected chi connectivity index (χ1v) is 8.15. The van der Waals surface area contributed by atoms with E-state index in [1.165, 1.54) is 16.8 Å². The number of nitrogens with zero attached hydrogens (tertiary/aromatic N) is 3. The molecule has 0 amide bonds. The van der Waals surface area contributed by atoms with Gasteiger partial charge in [-0.1, -0.05) is 0 Å². The van der Waals surface area contributed by atoms with Gasteiger partial charge in [0.05, 0.1) is 6.20 Å². The minimum atomic E-state index is 0.541. The van der Waals surface area contributed by atoms with Crippen molar-refractivity contribution in [2.45, 2.75) is 26.4 Å². The van der Waals surface area contributed by atoms with Crippen LogP contribution in [0.25, 0.3) is 0 Å². The summed E-state index contributed by atoms with van der Waals surface area (Å²) in [4.78, 5) is 5.11. The predicted molar refractivity (Wildman–Crippen MR) is 82.9 cm³/mol. The Hall–Kier alpha value is -1.17. The van der Waals surface area contributed by atoms with Crippen molar-refractivity contribution in [1.29, 1.82) is 0 Å². The summed E-state index contributed by atoms with van der Waals surface area (Å²) >= 11 is 1.79. The Labute approximate surface area is 124 Å². The molecule has 1 unspecified atom stereocenters. The number of aromatic nitrogens is 2. The van der Waals surface area contributed by atoms with E-state index >= 15 is 0 Å². The Morgan fingerprint density at radius 1 is 1.35 bits per heavy atom. The largest absolute Gasteiger partial charge is 0.296 e. The molecule has 0 aliphatic carbocycles. The normalized spacial score (nSPS) is 19.3. The minimum Gasteiger partial charge on any atom is -0.296 e. The molecule has 0 spiro atoms. The van der Waals surface area contributed by atoms with Gasteiger partial charge in [-0.15, -0.1) is 0 Å². The fourth-order valence-corrected chi connectivity index (χ4v) is 3.56. The van der Waals surface area contributed by atoms with Crippen LogP contribution in [-0.4, -0.2) is 46.2 Å². The maximum atomic E-state index is 4.10. The summed E-state index contributed by atoms with van der Waals surface area (Å²) in [6.45, 7) is 10.00. The molecular formula is C15H22N4S. The average Bonchev–Trinajstić information content (AvgIpc) is 3.12. The van der Waals surface area contributed by atoms with Gasteiger partial charge in [-0.05, 0) is 36.2 Å². The molecule has 1 aliphatic rings. The summed E-state index contributed by atoms with van der Waals surface area (Å²) in [5, 5.41) is 11.6. The molecule has 1 atom stereocenters. The van der Waals surface area contributed by atoms with Gasteiger partial charge in [0.25, 0.3) is 0 Å². The van der Waals surface area contributed by atoms with Crippen molar-refractivity contribution in [2.75, 3.05) is 26.2 Å². The highest BCUT2D eigenvalue weighted by Crippen LogP contribution is 2.23. The number of rotatable bonds is 4. The zero-order valence-corrected chi connectivity index (χ0v) is 13.0. The van der Waals surface area contributed by atoms with Gasteiger partial charge in [0, 0.05) is 50.0 Å². The van der Waals surface area contributed by atoms with Crippen LogP contribution in [0, 0.1) is 6.92 Å². The van der Waals surface area contributed by atoms with Crippen LogP contribution in [-0.2, 0) is 6.54 Å². The van der Waals surface area contributed by atoms with E-state index in [1.54, 1.807) is 11.3 Å². The van der Waals surface area contributed by atoms with Gasteiger partial charge in [0.1, 0.15) is 0 Å². The molecule has 5 heteroatoms. The molecule has 1 N–H and O–H groups in total. The van der Waals surface area contributed by atoms with Gasteiger partial charge in [-0.25, -0.2) is 0 Å². The quantitative estimate of drug-likeness (QED) is 0.940.